The molecule has 190 valence electrons. The van der Waals surface area contributed by atoms with Crippen LogP contribution in [0.15, 0.2) is 23.0 Å². The highest BCUT2D eigenvalue weighted by atomic mass is 16.2. The number of rotatable bonds is 6. The van der Waals surface area contributed by atoms with Crippen molar-refractivity contribution in [2.75, 3.05) is 39.3 Å². The summed E-state index contributed by atoms with van der Waals surface area (Å²) in [5, 5.41) is 5.85. The third-order valence-electron chi connectivity index (χ3n) is 8.19. The summed E-state index contributed by atoms with van der Waals surface area (Å²) in [5.41, 5.74) is 2.53. The molecule has 1 unspecified atom stereocenters. The highest BCUT2D eigenvalue weighted by Gasteiger charge is 2.32. The largest absolute Gasteiger partial charge is 0.329 e. The second-order valence-electron chi connectivity index (χ2n) is 10.5. The molecule has 0 spiro atoms. The van der Waals surface area contributed by atoms with Crippen molar-refractivity contribution in [3.63, 3.8) is 0 Å². The van der Waals surface area contributed by atoms with Gasteiger partial charge in [0.05, 0.1) is 11.0 Å². The third kappa shape index (κ3) is 4.94. The number of piperidine rings is 2. The molecule has 0 aliphatic carbocycles. The van der Waals surface area contributed by atoms with Gasteiger partial charge in [-0.1, -0.05) is 13.0 Å². The van der Waals surface area contributed by atoms with Gasteiger partial charge in [0.2, 0.25) is 11.8 Å². The molecular formula is C26H38N6O3. The van der Waals surface area contributed by atoms with Crippen LogP contribution in [0.2, 0.25) is 0 Å². The van der Waals surface area contributed by atoms with Crippen molar-refractivity contribution in [1.29, 1.82) is 0 Å². The maximum atomic E-state index is 13.0. The summed E-state index contributed by atoms with van der Waals surface area (Å²) in [5.74, 6) is 0.143. The molecule has 0 bridgehead atoms. The van der Waals surface area contributed by atoms with E-state index in [9.17, 15) is 14.4 Å². The summed E-state index contributed by atoms with van der Waals surface area (Å²) >= 11 is 0. The van der Waals surface area contributed by atoms with Crippen LogP contribution in [-0.4, -0.2) is 76.1 Å². The molecule has 3 fully saturated rings. The molecule has 3 aliphatic heterocycles. The van der Waals surface area contributed by atoms with Crippen molar-refractivity contribution >= 4 is 22.8 Å². The number of aromatic nitrogens is 2. The fourth-order valence-corrected chi connectivity index (χ4v) is 6.12. The van der Waals surface area contributed by atoms with Crippen molar-refractivity contribution in [3.05, 3.63) is 34.2 Å². The zero-order valence-electron chi connectivity index (χ0n) is 21.0. The number of fused-ring (bicyclic) bond motifs is 1. The highest BCUT2D eigenvalue weighted by molar-refractivity contribution is 6.00. The number of benzene rings is 1. The van der Waals surface area contributed by atoms with E-state index in [-0.39, 0.29) is 18.0 Å². The second-order valence-corrected chi connectivity index (χ2v) is 10.5. The molecule has 3 saturated heterocycles. The van der Waals surface area contributed by atoms with E-state index < -0.39 is 11.9 Å². The van der Waals surface area contributed by atoms with Gasteiger partial charge in [-0.15, -0.1) is 0 Å². The Morgan fingerprint density at radius 2 is 1.83 bits per heavy atom. The van der Waals surface area contributed by atoms with Gasteiger partial charge in [-0.05, 0) is 62.4 Å². The van der Waals surface area contributed by atoms with Crippen LogP contribution in [0.5, 0.6) is 0 Å². The van der Waals surface area contributed by atoms with E-state index in [1.807, 2.05) is 6.07 Å². The van der Waals surface area contributed by atoms with Gasteiger partial charge in [0.15, 0.2) is 0 Å². The molecular weight excluding hydrogens is 444 g/mol. The predicted octanol–water partition coefficient (Wildman–Crippen LogP) is 1.21. The van der Waals surface area contributed by atoms with Gasteiger partial charge in [0.1, 0.15) is 6.04 Å². The van der Waals surface area contributed by atoms with E-state index in [0.29, 0.717) is 12.5 Å². The molecule has 35 heavy (non-hydrogen) atoms. The number of nitrogens with one attached hydrogen (secondary N) is 2. The normalized spacial score (nSPS) is 25.3. The summed E-state index contributed by atoms with van der Waals surface area (Å²) in [6, 6.07) is 6.06. The van der Waals surface area contributed by atoms with Crippen molar-refractivity contribution in [1.82, 2.24) is 29.6 Å². The van der Waals surface area contributed by atoms with Gasteiger partial charge in [-0.3, -0.25) is 33.8 Å². The average Bonchev–Trinajstić information content (AvgIpc) is 3.10. The topological polar surface area (TPSA) is 91.6 Å². The minimum Gasteiger partial charge on any atom is -0.317 e. The van der Waals surface area contributed by atoms with Gasteiger partial charge >= 0.3 is 5.69 Å². The van der Waals surface area contributed by atoms with Gasteiger partial charge in [0.25, 0.3) is 0 Å². The number of imide groups is 1. The lowest BCUT2D eigenvalue weighted by Gasteiger charge is -2.43. The van der Waals surface area contributed by atoms with Gasteiger partial charge in [-0.2, -0.15) is 0 Å². The predicted molar refractivity (Wildman–Crippen MR) is 135 cm³/mol. The molecule has 4 heterocycles. The van der Waals surface area contributed by atoms with Crippen LogP contribution in [0, 0.1) is 5.92 Å². The lowest BCUT2D eigenvalue weighted by atomic mass is 9.96. The number of carbonyl (C=O) groups is 2. The fourth-order valence-electron chi connectivity index (χ4n) is 6.12. The summed E-state index contributed by atoms with van der Waals surface area (Å²) in [7, 11) is 1.75. The molecule has 2 aromatic rings. The number of amides is 2. The Balaban J connectivity index is 1.29. The van der Waals surface area contributed by atoms with Crippen molar-refractivity contribution in [3.8, 4) is 0 Å². The number of aryl methyl sites for hydroxylation is 1. The Morgan fingerprint density at radius 1 is 1.03 bits per heavy atom. The van der Waals surface area contributed by atoms with Gasteiger partial charge < -0.3 is 5.32 Å². The molecule has 0 saturated carbocycles. The third-order valence-corrected chi connectivity index (χ3v) is 8.19. The minimum absolute atomic E-state index is 0.218. The molecule has 2 amide bonds. The van der Waals surface area contributed by atoms with Crippen LogP contribution in [0.1, 0.15) is 50.6 Å². The first-order valence-electron chi connectivity index (χ1n) is 13.1. The first kappa shape index (κ1) is 24.2. The van der Waals surface area contributed by atoms with Crippen LogP contribution >= 0.6 is 0 Å². The molecule has 5 rings (SSSR count). The van der Waals surface area contributed by atoms with Crippen LogP contribution < -0.4 is 16.3 Å². The average molecular weight is 483 g/mol. The molecule has 1 aromatic heterocycles. The van der Waals surface area contributed by atoms with Crippen molar-refractivity contribution in [2.45, 2.75) is 57.7 Å². The molecule has 3 aliphatic rings. The smallest absolute Gasteiger partial charge is 0.317 e. The zero-order valence-corrected chi connectivity index (χ0v) is 21.0. The Morgan fingerprint density at radius 3 is 2.57 bits per heavy atom. The Labute approximate surface area is 206 Å². The quantitative estimate of drug-likeness (QED) is 0.602. The standard InChI is InChI=1S/C26H38N6O3/c1-3-20-17-30(12-13-31(20)16-18-8-10-27-11-9-18)15-19-4-5-21-23(14-19)29(2)26(35)32(21)22-6-7-24(33)28-25(22)34/h4-5,14,18,20,22,27H,3,6-13,15-17H2,1-2H3,(H,28,33,34)/t20-,22?/m0/s1. The van der Waals surface area contributed by atoms with E-state index >= 15 is 0 Å². The lowest BCUT2D eigenvalue weighted by Crippen LogP contribution is -2.54. The molecule has 0 radical (unpaired) electrons. The van der Waals surface area contributed by atoms with Crippen molar-refractivity contribution < 1.29 is 9.59 Å². The van der Waals surface area contributed by atoms with Crippen LogP contribution in [-0.2, 0) is 23.2 Å². The zero-order chi connectivity index (χ0) is 24.5. The molecule has 2 atom stereocenters. The van der Waals surface area contributed by atoms with E-state index in [2.05, 4.69) is 39.5 Å². The highest BCUT2D eigenvalue weighted by Crippen LogP contribution is 2.25. The van der Waals surface area contributed by atoms with Gasteiger partial charge in [-0.25, -0.2) is 4.79 Å². The monoisotopic (exact) mass is 482 g/mol. The number of nitrogens with zero attached hydrogens (tertiary/aromatic N) is 4. The number of piperazine rings is 1. The number of hydrogen-bond acceptors (Lipinski definition) is 6. The first-order chi connectivity index (χ1) is 16.9. The van der Waals surface area contributed by atoms with E-state index in [0.717, 1.165) is 62.6 Å². The SMILES string of the molecule is CC[C@H]1CN(Cc2ccc3c(c2)n(C)c(=O)n3C2CCC(=O)NC2=O)CCN1CC1CCNCC1. The van der Waals surface area contributed by atoms with Gasteiger partial charge in [0, 0.05) is 52.2 Å². The summed E-state index contributed by atoms with van der Waals surface area (Å²) in [6.07, 6.45) is 4.33. The van der Waals surface area contributed by atoms with Crippen LogP contribution in [0.4, 0.5) is 0 Å². The maximum absolute atomic E-state index is 13.0. The summed E-state index contributed by atoms with van der Waals surface area (Å²) < 4.78 is 3.17. The first-order valence-corrected chi connectivity index (χ1v) is 13.1. The number of carbonyl (C=O) groups excluding carboxylic acids is 2. The van der Waals surface area contributed by atoms with E-state index in [1.54, 1.807) is 16.2 Å². The molecule has 2 N–H and O–H groups in total. The lowest BCUT2D eigenvalue weighted by molar-refractivity contribution is -0.135. The number of hydrogen-bond donors (Lipinski definition) is 2. The van der Waals surface area contributed by atoms with Crippen LogP contribution in [0.25, 0.3) is 11.0 Å². The second kappa shape index (κ2) is 10.2. The Kier molecular flexibility index (Phi) is 7.09. The molecule has 9 nitrogen and oxygen atoms in total. The maximum Gasteiger partial charge on any atom is 0.329 e. The summed E-state index contributed by atoms with van der Waals surface area (Å²) in [4.78, 5) is 42.3. The summed E-state index contributed by atoms with van der Waals surface area (Å²) in [6.45, 7) is 9.89. The number of imidazole rings is 1. The van der Waals surface area contributed by atoms with E-state index in [4.69, 9.17) is 0 Å². The minimum atomic E-state index is -0.645. The van der Waals surface area contributed by atoms with E-state index in [1.165, 1.54) is 24.9 Å². The Bertz CT molecular complexity index is 1150. The molecule has 9 heteroatoms. The van der Waals surface area contributed by atoms with Crippen molar-refractivity contribution in [2.24, 2.45) is 13.0 Å². The molecule has 1 aromatic carbocycles. The Hall–Kier alpha value is -2.49. The fraction of sp³-hybridized carbons (Fsp3) is 0.654. The van der Waals surface area contributed by atoms with Crippen LogP contribution in [0.3, 0.4) is 0 Å².